The highest BCUT2D eigenvalue weighted by Gasteiger charge is 2.45. The van der Waals surface area contributed by atoms with E-state index in [9.17, 15) is 14.7 Å². The van der Waals surface area contributed by atoms with Crippen molar-refractivity contribution in [2.45, 2.75) is 76.1 Å². The summed E-state index contributed by atoms with van der Waals surface area (Å²) < 4.78 is 3.25. The molecule has 13 nitrogen and oxygen atoms in total. The number of anilines is 1. The number of nitrogens with zero attached hydrogens (tertiary/aromatic N) is 8. The Balaban J connectivity index is 1.37. The lowest BCUT2D eigenvalue weighted by molar-refractivity contribution is -0.107. The first kappa shape index (κ1) is 24.2. The van der Waals surface area contributed by atoms with Crippen molar-refractivity contribution >= 4 is 23.7 Å². The van der Waals surface area contributed by atoms with Gasteiger partial charge in [-0.3, -0.25) is 14.6 Å². The zero-order valence-electron chi connectivity index (χ0n) is 21.3. The molecule has 1 unspecified atom stereocenters. The van der Waals surface area contributed by atoms with E-state index in [-0.39, 0.29) is 36.2 Å². The molecule has 2 aliphatic rings. The van der Waals surface area contributed by atoms with Gasteiger partial charge < -0.3 is 20.5 Å². The fourth-order valence-corrected chi connectivity index (χ4v) is 6.05. The molecule has 6 rings (SSSR count). The first-order valence-electron chi connectivity index (χ1n) is 12.8. The van der Waals surface area contributed by atoms with Crippen LogP contribution >= 0.6 is 0 Å². The zero-order chi connectivity index (χ0) is 26.6. The maximum atomic E-state index is 13.1. The van der Waals surface area contributed by atoms with Gasteiger partial charge in [-0.2, -0.15) is 19.8 Å². The van der Waals surface area contributed by atoms with Gasteiger partial charge in [0, 0.05) is 47.3 Å². The molecule has 2 saturated heterocycles. The van der Waals surface area contributed by atoms with Crippen molar-refractivity contribution in [3.05, 3.63) is 42.0 Å². The minimum Gasteiger partial charge on any atom is -0.389 e. The van der Waals surface area contributed by atoms with Crippen molar-refractivity contribution in [1.29, 1.82) is 0 Å². The van der Waals surface area contributed by atoms with Gasteiger partial charge in [0.25, 0.3) is 5.91 Å². The smallest absolute Gasteiger partial charge is 0.291 e. The van der Waals surface area contributed by atoms with Crippen LogP contribution in [0.1, 0.15) is 67.3 Å². The molecule has 1 amide bonds. The molecule has 0 spiro atoms. The van der Waals surface area contributed by atoms with Crippen LogP contribution in [0, 0.1) is 0 Å². The van der Waals surface area contributed by atoms with Crippen LogP contribution in [0.5, 0.6) is 0 Å². The number of nitrogens with one attached hydrogen (secondary N) is 1. The van der Waals surface area contributed by atoms with Gasteiger partial charge in [0.15, 0.2) is 5.65 Å². The molecule has 2 aliphatic heterocycles. The largest absolute Gasteiger partial charge is 0.389 e. The van der Waals surface area contributed by atoms with Crippen molar-refractivity contribution in [3.8, 4) is 11.1 Å². The number of rotatable bonds is 7. The lowest BCUT2D eigenvalue weighted by Crippen LogP contribution is -2.46. The highest BCUT2D eigenvalue weighted by molar-refractivity contribution is 5.91. The highest BCUT2D eigenvalue weighted by Crippen LogP contribution is 2.45. The Morgan fingerprint density at radius 3 is 2.66 bits per heavy atom. The molecule has 13 heteroatoms. The molecular weight excluding hydrogens is 488 g/mol. The van der Waals surface area contributed by atoms with Gasteiger partial charge in [0.2, 0.25) is 5.82 Å². The molecule has 4 aromatic rings. The third kappa shape index (κ3) is 4.12. The molecule has 4 N–H and O–H groups in total. The summed E-state index contributed by atoms with van der Waals surface area (Å²) in [6.07, 6.45) is 10.8. The zero-order valence-corrected chi connectivity index (χ0v) is 21.3. The van der Waals surface area contributed by atoms with E-state index in [1.807, 2.05) is 11.1 Å². The standard InChI is InChI=1S/C25H30N10O3/c1-25(2,38)12-33-11-15(9-29-33)19-10-30-35-21(26)18(5-6-36)20(31-23(19)35)14-7-16-3-4-17(8-14)34(16)24(37)22-27-13-28-32-22/h6,9-11,13-14,16-17,38H,3-5,7-8,12,26H2,1-2H3,(H,27,28,32)/t14?,16-,17+. The monoisotopic (exact) mass is 518 g/mol. The number of carbonyl (C=O) groups is 2. The Hall–Kier alpha value is -4.13. The molecule has 38 heavy (non-hydrogen) atoms. The summed E-state index contributed by atoms with van der Waals surface area (Å²) in [5, 5.41) is 25.5. The van der Waals surface area contributed by atoms with E-state index < -0.39 is 5.60 Å². The minimum absolute atomic E-state index is 0.0363. The van der Waals surface area contributed by atoms with Gasteiger partial charge in [-0.15, -0.1) is 0 Å². The average molecular weight is 519 g/mol. The number of hydrogen-bond acceptors (Lipinski definition) is 9. The van der Waals surface area contributed by atoms with Gasteiger partial charge in [0.05, 0.1) is 30.2 Å². The van der Waals surface area contributed by atoms with Gasteiger partial charge in [0.1, 0.15) is 18.4 Å². The van der Waals surface area contributed by atoms with Crippen LogP contribution in [0.15, 0.2) is 24.9 Å². The van der Waals surface area contributed by atoms with E-state index in [2.05, 4.69) is 25.4 Å². The SMILES string of the molecule is CC(C)(O)Cn1cc(-c2cnn3c(N)c(CC=O)c(C4C[C@H]5CC[C@@H](C4)N5C(=O)c4ncn[nH]4)nc23)cn1. The molecule has 0 aromatic carbocycles. The Labute approximate surface area is 218 Å². The number of aromatic nitrogens is 8. The quantitative estimate of drug-likeness (QED) is 0.305. The maximum absolute atomic E-state index is 13.1. The summed E-state index contributed by atoms with van der Waals surface area (Å²) in [6.45, 7) is 3.79. The van der Waals surface area contributed by atoms with Crippen molar-refractivity contribution in [1.82, 2.24) is 44.5 Å². The fraction of sp³-hybridized carbons (Fsp3) is 0.480. The second-order valence-corrected chi connectivity index (χ2v) is 10.9. The predicted octanol–water partition coefficient (Wildman–Crippen LogP) is 1.36. The van der Waals surface area contributed by atoms with Crippen LogP contribution in [0.4, 0.5) is 5.82 Å². The number of nitrogens with two attached hydrogens (primary N) is 1. The van der Waals surface area contributed by atoms with E-state index in [0.29, 0.717) is 23.6 Å². The van der Waals surface area contributed by atoms with Crippen LogP contribution in [0.25, 0.3) is 16.8 Å². The van der Waals surface area contributed by atoms with Crippen molar-refractivity contribution in [2.75, 3.05) is 5.73 Å². The molecule has 4 aromatic heterocycles. The maximum Gasteiger partial charge on any atom is 0.291 e. The van der Waals surface area contributed by atoms with Crippen molar-refractivity contribution in [2.24, 2.45) is 0 Å². The Kier molecular flexibility index (Phi) is 5.74. The number of carbonyl (C=O) groups excluding carboxylic acids is 2. The number of aromatic amines is 1. The molecule has 6 heterocycles. The lowest BCUT2D eigenvalue weighted by Gasteiger charge is -2.38. The van der Waals surface area contributed by atoms with Gasteiger partial charge in [-0.05, 0) is 39.5 Å². The number of H-pyrrole nitrogens is 1. The van der Waals surface area contributed by atoms with E-state index in [0.717, 1.165) is 48.8 Å². The normalized spacial score (nSPS) is 21.3. The van der Waals surface area contributed by atoms with E-state index in [1.54, 1.807) is 35.4 Å². The number of piperidine rings is 1. The predicted molar refractivity (Wildman–Crippen MR) is 136 cm³/mol. The van der Waals surface area contributed by atoms with E-state index in [4.69, 9.17) is 10.7 Å². The summed E-state index contributed by atoms with van der Waals surface area (Å²) in [5.74, 6) is 0.541. The molecule has 198 valence electrons. The molecule has 0 aliphatic carbocycles. The topological polar surface area (TPSA) is 173 Å². The number of fused-ring (bicyclic) bond motifs is 3. The number of nitrogen functional groups attached to an aromatic ring is 1. The van der Waals surface area contributed by atoms with Crippen LogP contribution in [-0.2, 0) is 17.8 Å². The summed E-state index contributed by atoms with van der Waals surface area (Å²) in [4.78, 5) is 35.8. The highest BCUT2D eigenvalue weighted by atomic mass is 16.3. The van der Waals surface area contributed by atoms with E-state index in [1.165, 1.54) is 6.33 Å². The minimum atomic E-state index is -0.910. The molecule has 2 fully saturated rings. The molecule has 2 bridgehead atoms. The Bertz CT molecular complexity index is 1490. The second kappa shape index (κ2) is 9.01. The van der Waals surface area contributed by atoms with Gasteiger partial charge in [-0.1, -0.05) is 0 Å². The summed E-state index contributed by atoms with van der Waals surface area (Å²) in [7, 11) is 0. The third-order valence-corrected chi connectivity index (χ3v) is 7.57. The van der Waals surface area contributed by atoms with Crippen LogP contribution in [-0.4, -0.2) is 79.4 Å². The molecule has 3 atom stereocenters. The molecule has 0 radical (unpaired) electrons. The second-order valence-electron chi connectivity index (χ2n) is 10.9. The van der Waals surface area contributed by atoms with Crippen molar-refractivity contribution in [3.63, 3.8) is 0 Å². The summed E-state index contributed by atoms with van der Waals surface area (Å²) >= 11 is 0. The van der Waals surface area contributed by atoms with Gasteiger partial charge >= 0.3 is 0 Å². The van der Waals surface area contributed by atoms with Crippen LogP contribution in [0.2, 0.25) is 0 Å². The molecule has 0 saturated carbocycles. The summed E-state index contributed by atoms with van der Waals surface area (Å²) in [6, 6.07) is 0.0910. The average Bonchev–Trinajstić information content (AvgIpc) is 3.66. The van der Waals surface area contributed by atoms with Crippen molar-refractivity contribution < 1.29 is 14.7 Å². The number of aldehydes is 1. The van der Waals surface area contributed by atoms with E-state index >= 15 is 0 Å². The van der Waals surface area contributed by atoms with Gasteiger partial charge in [-0.25, -0.2) is 9.97 Å². The molecular formula is C25H30N10O3. The Morgan fingerprint density at radius 2 is 2.00 bits per heavy atom. The summed E-state index contributed by atoms with van der Waals surface area (Å²) in [5.41, 5.74) is 9.29. The van der Waals surface area contributed by atoms with Crippen LogP contribution < -0.4 is 5.73 Å². The Morgan fingerprint density at radius 1 is 1.24 bits per heavy atom. The number of amides is 1. The third-order valence-electron chi connectivity index (χ3n) is 7.57. The van der Waals surface area contributed by atoms with Crippen LogP contribution in [0.3, 0.4) is 0 Å². The lowest BCUT2D eigenvalue weighted by atomic mass is 9.85. The first-order valence-corrected chi connectivity index (χ1v) is 12.8. The number of aliphatic hydroxyl groups is 1. The number of hydrogen-bond donors (Lipinski definition) is 3. The fourth-order valence-electron chi connectivity index (χ4n) is 6.05. The first-order chi connectivity index (χ1) is 18.2.